The number of halogens is 2. The lowest BCUT2D eigenvalue weighted by Gasteiger charge is -2.02. The first-order chi connectivity index (χ1) is 7.22. The lowest BCUT2D eigenvalue weighted by atomic mass is 10.2. The van der Waals surface area contributed by atoms with Crippen LogP contribution in [0, 0.1) is 0 Å². The van der Waals surface area contributed by atoms with E-state index in [-0.39, 0.29) is 5.76 Å². The van der Waals surface area contributed by atoms with Crippen LogP contribution >= 0.6 is 27.5 Å². The number of carbonyl (C=O) groups excluding carboxylic acids is 1. The molecule has 2 nitrogen and oxygen atoms in total. The van der Waals surface area contributed by atoms with E-state index in [1.807, 2.05) is 12.1 Å². The molecule has 0 bridgehead atoms. The summed E-state index contributed by atoms with van der Waals surface area (Å²) in [6.07, 6.45) is 0.661. The minimum atomic E-state index is 0.289. The largest absolute Gasteiger partial charge is 0.453 e. The van der Waals surface area contributed by atoms with E-state index in [1.165, 1.54) is 0 Å². The van der Waals surface area contributed by atoms with Gasteiger partial charge in [0.25, 0.3) is 0 Å². The Kier molecular flexibility index (Phi) is 2.93. The molecule has 2 aromatic rings. The van der Waals surface area contributed by atoms with Crippen LogP contribution in [0.25, 0.3) is 11.3 Å². The fourth-order valence-corrected chi connectivity index (χ4v) is 2.23. The van der Waals surface area contributed by atoms with Crippen molar-refractivity contribution in [2.24, 2.45) is 0 Å². The maximum Gasteiger partial charge on any atom is 0.185 e. The van der Waals surface area contributed by atoms with Crippen molar-refractivity contribution in [1.29, 1.82) is 0 Å². The monoisotopic (exact) mass is 284 g/mol. The Labute approximate surface area is 100.0 Å². The molecule has 0 spiro atoms. The molecule has 0 atom stereocenters. The molecule has 76 valence electrons. The molecule has 0 saturated carbocycles. The van der Waals surface area contributed by atoms with Gasteiger partial charge in [-0.2, -0.15) is 0 Å². The summed E-state index contributed by atoms with van der Waals surface area (Å²) in [5, 5.41) is 0.580. The molecule has 0 aliphatic heterocycles. The molecule has 1 aromatic heterocycles. The van der Waals surface area contributed by atoms with Gasteiger partial charge < -0.3 is 4.42 Å². The molecule has 1 heterocycles. The Morgan fingerprint density at radius 3 is 2.67 bits per heavy atom. The van der Waals surface area contributed by atoms with E-state index in [9.17, 15) is 4.79 Å². The summed E-state index contributed by atoms with van der Waals surface area (Å²) >= 11 is 9.42. The molecule has 0 amide bonds. The first-order valence-electron chi connectivity index (χ1n) is 4.22. The second-order valence-corrected chi connectivity index (χ2v) is 4.18. The Morgan fingerprint density at radius 1 is 1.27 bits per heavy atom. The van der Waals surface area contributed by atoms with Gasteiger partial charge in [0.05, 0.1) is 10.6 Å². The van der Waals surface area contributed by atoms with E-state index in [0.29, 0.717) is 17.1 Å². The van der Waals surface area contributed by atoms with Crippen LogP contribution in [0.3, 0.4) is 0 Å². The zero-order valence-electron chi connectivity index (χ0n) is 7.54. The van der Waals surface area contributed by atoms with Crippen LogP contribution in [0.15, 0.2) is 39.2 Å². The fraction of sp³-hybridized carbons (Fsp3) is 0. The van der Waals surface area contributed by atoms with E-state index in [1.54, 1.807) is 18.2 Å². The average molecular weight is 286 g/mol. The van der Waals surface area contributed by atoms with Gasteiger partial charge in [-0.05, 0) is 40.2 Å². The van der Waals surface area contributed by atoms with Crippen molar-refractivity contribution in [2.45, 2.75) is 0 Å². The van der Waals surface area contributed by atoms with E-state index in [4.69, 9.17) is 16.0 Å². The van der Waals surface area contributed by atoms with Crippen LogP contribution in [0.1, 0.15) is 10.6 Å². The Bertz CT molecular complexity index is 485. The molecule has 1 aromatic carbocycles. The molecule has 0 aliphatic carbocycles. The van der Waals surface area contributed by atoms with Gasteiger partial charge in [0.15, 0.2) is 12.0 Å². The van der Waals surface area contributed by atoms with Gasteiger partial charge in [-0.1, -0.05) is 17.7 Å². The van der Waals surface area contributed by atoms with Crippen LogP contribution in [-0.2, 0) is 0 Å². The zero-order chi connectivity index (χ0) is 10.8. The third-order valence-corrected chi connectivity index (χ3v) is 2.93. The standard InChI is InChI=1S/C11H6BrClO2/c12-8-2-1-3-9(13)11(8)10-5-4-7(6-14)15-10/h1-6H. The number of furan rings is 1. The fourth-order valence-electron chi connectivity index (χ4n) is 1.28. The molecule has 2 rings (SSSR count). The highest BCUT2D eigenvalue weighted by Gasteiger charge is 2.11. The SMILES string of the molecule is O=Cc1ccc(-c2c(Cl)cccc2Br)o1. The second-order valence-electron chi connectivity index (χ2n) is 2.92. The lowest BCUT2D eigenvalue weighted by Crippen LogP contribution is -1.78. The summed E-state index contributed by atoms with van der Waals surface area (Å²) < 4.78 is 6.13. The number of hydrogen-bond donors (Lipinski definition) is 0. The predicted molar refractivity (Wildman–Crippen MR) is 62.2 cm³/mol. The molecule has 0 saturated heterocycles. The highest BCUT2D eigenvalue weighted by atomic mass is 79.9. The lowest BCUT2D eigenvalue weighted by molar-refractivity contribution is 0.110. The number of benzene rings is 1. The van der Waals surface area contributed by atoms with E-state index >= 15 is 0 Å². The number of hydrogen-bond acceptors (Lipinski definition) is 2. The quantitative estimate of drug-likeness (QED) is 0.775. The first-order valence-corrected chi connectivity index (χ1v) is 5.39. The summed E-state index contributed by atoms with van der Waals surface area (Å²) in [6.45, 7) is 0. The molecule has 0 radical (unpaired) electrons. The third kappa shape index (κ3) is 1.98. The van der Waals surface area contributed by atoms with Crippen molar-refractivity contribution in [3.05, 3.63) is 45.6 Å². The van der Waals surface area contributed by atoms with Crippen molar-refractivity contribution in [3.8, 4) is 11.3 Å². The van der Waals surface area contributed by atoms with E-state index < -0.39 is 0 Å². The molecule has 0 unspecified atom stereocenters. The zero-order valence-corrected chi connectivity index (χ0v) is 9.88. The van der Waals surface area contributed by atoms with E-state index in [2.05, 4.69) is 15.9 Å². The average Bonchev–Trinajstić information content (AvgIpc) is 2.66. The normalized spacial score (nSPS) is 10.3. The number of carbonyl (C=O) groups is 1. The maximum atomic E-state index is 10.5. The summed E-state index contributed by atoms with van der Waals surface area (Å²) in [5.74, 6) is 0.867. The van der Waals surface area contributed by atoms with Crippen LogP contribution in [0.5, 0.6) is 0 Å². The molecular formula is C11H6BrClO2. The topological polar surface area (TPSA) is 30.2 Å². The molecular weight excluding hydrogens is 279 g/mol. The first kappa shape index (κ1) is 10.5. The van der Waals surface area contributed by atoms with Gasteiger partial charge in [-0.25, -0.2) is 0 Å². The van der Waals surface area contributed by atoms with Crippen molar-refractivity contribution in [1.82, 2.24) is 0 Å². The smallest absolute Gasteiger partial charge is 0.185 e. The molecule has 0 aliphatic rings. The van der Waals surface area contributed by atoms with E-state index in [0.717, 1.165) is 10.0 Å². The molecule has 4 heteroatoms. The second kappa shape index (κ2) is 4.21. The molecule has 0 N–H and O–H groups in total. The third-order valence-electron chi connectivity index (χ3n) is 1.95. The summed E-state index contributed by atoms with van der Waals surface area (Å²) in [6, 6.07) is 8.79. The minimum Gasteiger partial charge on any atom is -0.453 e. The minimum absolute atomic E-state index is 0.289. The van der Waals surface area contributed by atoms with Crippen molar-refractivity contribution in [2.75, 3.05) is 0 Å². The van der Waals surface area contributed by atoms with Gasteiger partial charge in [0.2, 0.25) is 0 Å². The Balaban J connectivity index is 2.58. The van der Waals surface area contributed by atoms with Gasteiger partial charge in [0.1, 0.15) is 5.76 Å². The Morgan fingerprint density at radius 2 is 2.07 bits per heavy atom. The molecule has 15 heavy (non-hydrogen) atoms. The van der Waals surface area contributed by atoms with Crippen LogP contribution in [0.4, 0.5) is 0 Å². The summed E-state index contributed by atoms with van der Waals surface area (Å²) in [4.78, 5) is 10.5. The van der Waals surface area contributed by atoms with Gasteiger partial charge in [-0.15, -0.1) is 0 Å². The van der Waals surface area contributed by atoms with Crippen LogP contribution in [-0.4, -0.2) is 6.29 Å². The summed E-state index contributed by atoms with van der Waals surface area (Å²) in [5.41, 5.74) is 0.757. The predicted octanol–water partition coefficient (Wildman–Crippen LogP) is 4.18. The van der Waals surface area contributed by atoms with Gasteiger partial charge in [-0.3, -0.25) is 4.79 Å². The highest BCUT2D eigenvalue weighted by molar-refractivity contribution is 9.10. The van der Waals surface area contributed by atoms with Crippen molar-refractivity contribution < 1.29 is 9.21 Å². The number of rotatable bonds is 2. The summed E-state index contributed by atoms with van der Waals surface area (Å²) in [7, 11) is 0. The maximum absolute atomic E-state index is 10.5. The highest BCUT2D eigenvalue weighted by Crippen LogP contribution is 2.35. The number of aldehydes is 1. The molecule has 0 fully saturated rings. The van der Waals surface area contributed by atoms with Gasteiger partial charge >= 0.3 is 0 Å². The van der Waals surface area contributed by atoms with Crippen LogP contribution in [0.2, 0.25) is 5.02 Å². The Hall–Kier alpha value is -1.06. The van der Waals surface area contributed by atoms with Crippen molar-refractivity contribution in [3.63, 3.8) is 0 Å². The van der Waals surface area contributed by atoms with Crippen LogP contribution < -0.4 is 0 Å². The van der Waals surface area contributed by atoms with Gasteiger partial charge in [0, 0.05) is 4.47 Å². The van der Waals surface area contributed by atoms with Crippen molar-refractivity contribution >= 4 is 33.8 Å².